The van der Waals surface area contributed by atoms with Gasteiger partial charge in [-0.1, -0.05) is 0 Å². The van der Waals surface area contributed by atoms with Crippen LogP contribution in [0.25, 0.3) is 0 Å². The fourth-order valence-corrected chi connectivity index (χ4v) is 0.607. The van der Waals surface area contributed by atoms with Gasteiger partial charge in [-0.15, -0.1) is 0 Å². The van der Waals surface area contributed by atoms with Crippen LogP contribution >= 0.6 is 0 Å². The second kappa shape index (κ2) is 3.11. The Morgan fingerprint density at radius 3 is 3.00 bits per heavy atom. The lowest BCUT2D eigenvalue weighted by molar-refractivity contribution is -0.138. The summed E-state index contributed by atoms with van der Waals surface area (Å²) in [5.41, 5.74) is 5.22. The van der Waals surface area contributed by atoms with Crippen LogP contribution in [0.2, 0.25) is 0 Å². The van der Waals surface area contributed by atoms with E-state index in [-0.39, 0.29) is 6.54 Å². The number of hydrogen-bond donors (Lipinski definition) is 2. The minimum atomic E-state index is -1.04. The van der Waals surface area contributed by atoms with Crippen LogP contribution in [0, 0.1) is 0 Å². The summed E-state index contributed by atoms with van der Waals surface area (Å²) in [5.74, 6) is -1.04. The van der Waals surface area contributed by atoms with Gasteiger partial charge >= 0.3 is 5.97 Å². The normalized spacial score (nSPS) is 12.8. The largest absolute Gasteiger partial charge is 0.480 e. The Bertz CT molecular complexity index is 233. The summed E-state index contributed by atoms with van der Waals surface area (Å²) in [4.78, 5) is 13.9. The van der Waals surface area contributed by atoms with E-state index < -0.39 is 12.0 Å². The fourth-order valence-electron chi connectivity index (χ4n) is 0.607. The Labute approximate surface area is 62.6 Å². The molecule has 6 nitrogen and oxygen atoms in total. The van der Waals surface area contributed by atoms with Crippen molar-refractivity contribution < 1.29 is 9.90 Å². The number of aromatic nitrogens is 3. The maximum atomic E-state index is 10.2. The zero-order valence-electron chi connectivity index (χ0n) is 5.71. The quantitative estimate of drug-likeness (QED) is 0.566. The molecule has 0 spiro atoms. The number of rotatable bonds is 3. The molecule has 1 heterocycles. The minimum Gasteiger partial charge on any atom is -0.480 e. The van der Waals surface area contributed by atoms with Crippen LogP contribution in [-0.2, 0) is 11.3 Å². The number of carboxylic acid groups (broad SMARTS) is 1. The summed E-state index contributed by atoms with van der Waals surface area (Å²) >= 11 is 0. The Balaban J connectivity index is 2.50. The van der Waals surface area contributed by atoms with Crippen molar-refractivity contribution in [2.75, 3.05) is 0 Å². The van der Waals surface area contributed by atoms with Crippen molar-refractivity contribution in [2.45, 2.75) is 12.6 Å². The molecule has 1 aromatic rings. The molecular weight excluding hydrogens is 148 g/mol. The maximum Gasteiger partial charge on any atom is 0.322 e. The molecule has 0 aliphatic rings. The molecule has 6 heteroatoms. The molecule has 0 saturated carbocycles. The summed E-state index contributed by atoms with van der Waals surface area (Å²) in [6.07, 6.45) is 2.75. The van der Waals surface area contributed by atoms with Crippen LogP contribution in [0.1, 0.15) is 0 Å². The highest BCUT2D eigenvalue weighted by molar-refractivity contribution is 5.72. The fraction of sp³-hybridized carbons (Fsp3) is 0.400. The molecule has 3 N–H and O–H groups in total. The minimum absolute atomic E-state index is 0.148. The Morgan fingerprint density at radius 2 is 2.55 bits per heavy atom. The third-order valence-corrected chi connectivity index (χ3v) is 1.17. The SMILES string of the molecule is N[C@@H](Cn1cncn1)C(=O)O. The number of hydrogen-bond acceptors (Lipinski definition) is 4. The van der Waals surface area contributed by atoms with Gasteiger partial charge in [0.1, 0.15) is 18.7 Å². The van der Waals surface area contributed by atoms with Gasteiger partial charge in [0.2, 0.25) is 0 Å². The first-order chi connectivity index (χ1) is 5.20. The van der Waals surface area contributed by atoms with E-state index in [2.05, 4.69) is 10.1 Å². The molecule has 0 aromatic carbocycles. The number of nitrogens with two attached hydrogens (primary N) is 1. The topological polar surface area (TPSA) is 94.0 Å². The second-order valence-corrected chi connectivity index (χ2v) is 2.06. The van der Waals surface area contributed by atoms with Crippen molar-refractivity contribution in [2.24, 2.45) is 5.73 Å². The first-order valence-electron chi connectivity index (χ1n) is 3.01. The predicted molar refractivity (Wildman–Crippen MR) is 35.6 cm³/mol. The van der Waals surface area contributed by atoms with E-state index in [1.165, 1.54) is 17.3 Å². The molecule has 0 saturated heterocycles. The zero-order valence-corrected chi connectivity index (χ0v) is 5.71. The van der Waals surface area contributed by atoms with Crippen molar-refractivity contribution >= 4 is 5.97 Å². The summed E-state index contributed by atoms with van der Waals surface area (Å²) in [6, 6.07) is -0.920. The molecule has 0 fully saturated rings. The van der Waals surface area contributed by atoms with Gasteiger partial charge in [-0.3, -0.25) is 9.48 Å². The molecule has 0 bridgehead atoms. The molecule has 0 unspecified atom stereocenters. The number of carbonyl (C=O) groups is 1. The van der Waals surface area contributed by atoms with Crippen molar-refractivity contribution in [3.05, 3.63) is 12.7 Å². The first kappa shape index (κ1) is 7.67. The van der Waals surface area contributed by atoms with Crippen LogP contribution in [0.3, 0.4) is 0 Å². The van der Waals surface area contributed by atoms with Crippen LogP contribution in [-0.4, -0.2) is 31.9 Å². The monoisotopic (exact) mass is 156 g/mol. The Morgan fingerprint density at radius 1 is 1.82 bits per heavy atom. The van der Waals surface area contributed by atoms with Gasteiger partial charge in [-0.25, -0.2) is 4.98 Å². The summed E-state index contributed by atoms with van der Waals surface area (Å²) in [5, 5.41) is 12.1. The highest BCUT2D eigenvalue weighted by Crippen LogP contribution is 1.85. The van der Waals surface area contributed by atoms with Crippen molar-refractivity contribution in [1.82, 2.24) is 14.8 Å². The van der Waals surface area contributed by atoms with Gasteiger partial charge in [0, 0.05) is 0 Å². The lowest BCUT2D eigenvalue weighted by Crippen LogP contribution is -2.34. The van der Waals surface area contributed by atoms with Crippen LogP contribution in [0.5, 0.6) is 0 Å². The summed E-state index contributed by atoms with van der Waals surface area (Å²) in [6.45, 7) is 0.148. The van der Waals surface area contributed by atoms with E-state index in [1.54, 1.807) is 0 Å². The van der Waals surface area contributed by atoms with E-state index in [4.69, 9.17) is 10.8 Å². The van der Waals surface area contributed by atoms with Gasteiger partial charge in [0.05, 0.1) is 6.54 Å². The van der Waals surface area contributed by atoms with Gasteiger partial charge in [-0.05, 0) is 0 Å². The standard InChI is InChI=1S/C5H8N4O2/c6-4(5(10)11)1-9-3-7-2-8-9/h2-4H,1,6H2,(H,10,11)/t4-/m0/s1. The maximum absolute atomic E-state index is 10.2. The molecule has 0 aliphatic heterocycles. The van der Waals surface area contributed by atoms with Crippen molar-refractivity contribution in [3.8, 4) is 0 Å². The molecule has 1 atom stereocenters. The smallest absolute Gasteiger partial charge is 0.322 e. The van der Waals surface area contributed by atoms with Crippen LogP contribution in [0.4, 0.5) is 0 Å². The molecule has 1 rings (SSSR count). The molecule has 0 radical (unpaired) electrons. The number of aliphatic carboxylic acids is 1. The average molecular weight is 156 g/mol. The highest BCUT2D eigenvalue weighted by Gasteiger charge is 2.11. The van der Waals surface area contributed by atoms with E-state index in [1.807, 2.05) is 0 Å². The van der Waals surface area contributed by atoms with Crippen molar-refractivity contribution in [1.29, 1.82) is 0 Å². The Kier molecular flexibility index (Phi) is 2.17. The second-order valence-electron chi connectivity index (χ2n) is 2.06. The van der Waals surface area contributed by atoms with E-state index in [0.29, 0.717) is 0 Å². The third kappa shape index (κ3) is 2.01. The van der Waals surface area contributed by atoms with Gasteiger partial charge < -0.3 is 10.8 Å². The predicted octanol–water partition coefficient (Wildman–Crippen LogP) is -1.31. The van der Waals surface area contributed by atoms with Crippen molar-refractivity contribution in [3.63, 3.8) is 0 Å². The van der Waals surface area contributed by atoms with Crippen LogP contribution in [0.15, 0.2) is 12.7 Å². The Hall–Kier alpha value is -1.43. The molecule has 1 aromatic heterocycles. The summed E-state index contributed by atoms with van der Waals surface area (Å²) < 4.78 is 1.37. The van der Waals surface area contributed by atoms with Crippen LogP contribution < -0.4 is 5.73 Å². The third-order valence-electron chi connectivity index (χ3n) is 1.17. The molecule has 11 heavy (non-hydrogen) atoms. The molecule has 60 valence electrons. The first-order valence-corrected chi connectivity index (χ1v) is 3.01. The van der Waals surface area contributed by atoms with Gasteiger partial charge in [0.25, 0.3) is 0 Å². The van der Waals surface area contributed by atoms with Gasteiger partial charge in [0.15, 0.2) is 0 Å². The lowest BCUT2D eigenvalue weighted by Gasteiger charge is -2.04. The number of carboxylic acids is 1. The zero-order chi connectivity index (χ0) is 8.27. The van der Waals surface area contributed by atoms with Gasteiger partial charge in [-0.2, -0.15) is 5.10 Å². The number of nitrogens with zero attached hydrogens (tertiary/aromatic N) is 3. The van der Waals surface area contributed by atoms with E-state index in [0.717, 1.165) is 0 Å². The molecule has 0 aliphatic carbocycles. The summed E-state index contributed by atoms with van der Waals surface area (Å²) in [7, 11) is 0. The molecular formula is C5H8N4O2. The lowest BCUT2D eigenvalue weighted by atomic mass is 10.3. The highest BCUT2D eigenvalue weighted by atomic mass is 16.4. The van der Waals surface area contributed by atoms with E-state index in [9.17, 15) is 4.79 Å². The molecule has 0 amide bonds. The van der Waals surface area contributed by atoms with E-state index >= 15 is 0 Å². The average Bonchev–Trinajstić information content (AvgIpc) is 2.39.